The summed E-state index contributed by atoms with van der Waals surface area (Å²) < 4.78 is 33.4. The Kier molecular flexibility index (Phi) is 9.98. The van der Waals surface area contributed by atoms with Crippen LogP contribution in [0.3, 0.4) is 0 Å². The molecule has 0 amide bonds. The lowest BCUT2D eigenvalue weighted by atomic mass is 9.98. The highest BCUT2D eigenvalue weighted by Crippen LogP contribution is 2.41. The summed E-state index contributed by atoms with van der Waals surface area (Å²) in [6.07, 6.45) is 5.92. The maximum atomic E-state index is 14.0. The van der Waals surface area contributed by atoms with Crippen LogP contribution in [-0.4, -0.2) is 40.0 Å². The Labute approximate surface area is 223 Å². The van der Waals surface area contributed by atoms with E-state index in [1.54, 1.807) is 30.3 Å². The van der Waals surface area contributed by atoms with E-state index in [4.69, 9.17) is 28.1 Å². The zero-order valence-corrected chi connectivity index (χ0v) is 23.0. The number of allylic oxidation sites excluding steroid dienone is 3. The highest BCUT2D eigenvalue weighted by atomic mass is 16.7. The molecule has 1 N–H and O–H groups in total. The fourth-order valence-corrected chi connectivity index (χ4v) is 3.84. The number of phenolic OH excluding ortho intramolecular Hbond substituents is 1. The van der Waals surface area contributed by atoms with Gasteiger partial charge in [0.05, 0.1) is 18.2 Å². The van der Waals surface area contributed by atoms with Crippen LogP contribution < -0.4 is 19.6 Å². The molecule has 0 saturated carbocycles. The van der Waals surface area contributed by atoms with E-state index in [0.717, 1.165) is 5.57 Å². The van der Waals surface area contributed by atoms with Gasteiger partial charge in [-0.3, -0.25) is 4.79 Å². The Hall–Kier alpha value is -3.75. The smallest absolute Gasteiger partial charge is 0.200 e. The molecular formula is C30H36O8. The third-order valence-electron chi connectivity index (χ3n) is 5.71. The van der Waals surface area contributed by atoms with E-state index < -0.39 is 0 Å². The van der Waals surface area contributed by atoms with E-state index in [1.807, 2.05) is 39.8 Å². The number of phenols is 1. The molecular weight excluding hydrogens is 488 g/mol. The Bertz CT molecular complexity index is 1380. The van der Waals surface area contributed by atoms with Crippen LogP contribution in [0.1, 0.15) is 38.8 Å². The molecule has 0 bridgehead atoms. The number of fused-ring (bicyclic) bond motifs is 1. The SMILES string of the molecule is COCOc1ccc(-c2oc3cc(OC)c(/C=C/C(C)C)c(O)c3c(=O)c2CC=C(C)C)c(OCOC)c1. The summed E-state index contributed by atoms with van der Waals surface area (Å²) in [5.74, 6) is 1.66. The van der Waals surface area contributed by atoms with Gasteiger partial charge in [-0.25, -0.2) is 0 Å². The molecule has 0 aliphatic heterocycles. The van der Waals surface area contributed by atoms with Crippen molar-refractivity contribution in [2.75, 3.05) is 34.9 Å². The van der Waals surface area contributed by atoms with Crippen LogP contribution in [-0.2, 0) is 15.9 Å². The topological polar surface area (TPSA) is 96.6 Å². The van der Waals surface area contributed by atoms with Gasteiger partial charge in [-0.2, -0.15) is 0 Å². The number of aromatic hydroxyl groups is 1. The summed E-state index contributed by atoms with van der Waals surface area (Å²) in [6, 6.07) is 6.79. The minimum absolute atomic E-state index is 0.0258. The van der Waals surface area contributed by atoms with Crippen LogP contribution in [0.4, 0.5) is 0 Å². The van der Waals surface area contributed by atoms with E-state index in [0.29, 0.717) is 46.1 Å². The average Bonchev–Trinajstić information content (AvgIpc) is 2.88. The third-order valence-corrected chi connectivity index (χ3v) is 5.71. The normalized spacial score (nSPS) is 11.4. The van der Waals surface area contributed by atoms with Gasteiger partial charge >= 0.3 is 0 Å². The number of rotatable bonds is 12. The number of hydrogen-bond acceptors (Lipinski definition) is 8. The van der Waals surface area contributed by atoms with Crippen LogP contribution >= 0.6 is 0 Å². The quantitative estimate of drug-likeness (QED) is 0.217. The summed E-state index contributed by atoms with van der Waals surface area (Å²) >= 11 is 0. The first-order valence-electron chi connectivity index (χ1n) is 12.3. The van der Waals surface area contributed by atoms with Gasteiger partial charge in [0.2, 0.25) is 5.43 Å². The Morgan fingerprint density at radius 2 is 1.74 bits per heavy atom. The molecule has 8 heteroatoms. The van der Waals surface area contributed by atoms with Crippen LogP contribution in [0.15, 0.2) is 51.2 Å². The highest BCUT2D eigenvalue weighted by Gasteiger charge is 2.24. The first kappa shape index (κ1) is 28.8. The van der Waals surface area contributed by atoms with Crippen molar-refractivity contribution in [2.45, 2.75) is 34.1 Å². The molecule has 3 aromatic rings. The van der Waals surface area contributed by atoms with Crippen molar-refractivity contribution in [3.8, 4) is 34.3 Å². The second kappa shape index (κ2) is 13.2. The molecule has 0 atom stereocenters. The van der Waals surface area contributed by atoms with Crippen molar-refractivity contribution >= 4 is 17.0 Å². The predicted molar refractivity (Wildman–Crippen MR) is 148 cm³/mol. The lowest BCUT2D eigenvalue weighted by Gasteiger charge is -2.17. The molecule has 1 aromatic heterocycles. The van der Waals surface area contributed by atoms with Crippen LogP contribution in [0.25, 0.3) is 28.4 Å². The fraction of sp³-hybridized carbons (Fsp3) is 0.367. The summed E-state index contributed by atoms with van der Waals surface area (Å²) in [7, 11) is 4.55. The summed E-state index contributed by atoms with van der Waals surface area (Å²) in [4.78, 5) is 14.0. The van der Waals surface area contributed by atoms with Crippen molar-refractivity contribution in [1.29, 1.82) is 0 Å². The second-order valence-corrected chi connectivity index (χ2v) is 9.30. The van der Waals surface area contributed by atoms with E-state index in [1.165, 1.54) is 21.3 Å². The Balaban J connectivity index is 2.36. The zero-order valence-electron chi connectivity index (χ0n) is 23.0. The first-order chi connectivity index (χ1) is 18.2. The fourth-order valence-electron chi connectivity index (χ4n) is 3.84. The molecule has 204 valence electrons. The highest BCUT2D eigenvalue weighted by molar-refractivity contribution is 5.92. The minimum atomic E-state index is -0.337. The zero-order chi connectivity index (χ0) is 27.8. The van der Waals surface area contributed by atoms with Gasteiger partial charge in [-0.15, -0.1) is 0 Å². The van der Waals surface area contributed by atoms with Gasteiger partial charge in [0.1, 0.15) is 39.7 Å². The van der Waals surface area contributed by atoms with Gasteiger partial charge < -0.3 is 33.2 Å². The molecule has 38 heavy (non-hydrogen) atoms. The maximum absolute atomic E-state index is 14.0. The molecule has 0 saturated heterocycles. The van der Waals surface area contributed by atoms with Gasteiger partial charge in [0, 0.05) is 31.9 Å². The van der Waals surface area contributed by atoms with Crippen LogP contribution in [0.2, 0.25) is 0 Å². The third kappa shape index (κ3) is 6.57. The minimum Gasteiger partial charge on any atom is -0.506 e. The molecule has 0 fully saturated rings. The van der Waals surface area contributed by atoms with E-state index in [2.05, 4.69) is 0 Å². The lowest BCUT2D eigenvalue weighted by Crippen LogP contribution is -2.12. The average molecular weight is 525 g/mol. The van der Waals surface area contributed by atoms with E-state index in [9.17, 15) is 9.90 Å². The monoisotopic (exact) mass is 524 g/mol. The lowest BCUT2D eigenvalue weighted by molar-refractivity contribution is 0.0462. The number of benzene rings is 2. The van der Waals surface area contributed by atoms with Gasteiger partial charge in [0.25, 0.3) is 0 Å². The number of methoxy groups -OCH3 is 3. The number of hydrogen-bond donors (Lipinski definition) is 1. The maximum Gasteiger partial charge on any atom is 0.200 e. The first-order valence-corrected chi connectivity index (χ1v) is 12.3. The molecule has 8 nitrogen and oxygen atoms in total. The van der Waals surface area contributed by atoms with Crippen LogP contribution in [0.5, 0.6) is 23.0 Å². The van der Waals surface area contributed by atoms with Gasteiger partial charge in [-0.1, -0.05) is 37.6 Å². The number of ether oxygens (including phenoxy) is 5. The molecule has 3 rings (SSSR count). The summed E-state index contributed by atoms with van der Waals surface area (Å²) in [5, 5.41) is 11.3. The molecule has 1 heterocycles. The van der Waals surface area contributed by atoms with Crippen molar-refractivity contribution in [3.63, 3.8) is 0 Å². The van der Waals surface area contributed by atoms with Crippen molar-refractivity contribution < 1.29 is 33.2 Å². The largest absolute Gasteiger partial charge is 0.506 e. The molecule has 0 radical (unpaired) electrons. The van der Waals surface area contributed by atoms with Crippen molar-refractivity contribution in [1.82, 2.24) is 0 Å². The molecule has 2 aromatic carbocycles. The standard InChI is InChI=1S/C30H36O8/c1-18(2)8-11-21-24(35-7)15-26-27(28(21)31)29(32)23(12-9-19(3)4)30(38-26)22-13-10-20(36-16-33-5)14-25(22)37-17-34-6/h8-11,13-15,18,31H,12,16-17H2,1-7H3/b11-8+. The van der Waals surface area contributed by atoms with Crippen molar-refractivity contribution in [3.05, 3.63) is 63.3 Å². The van der Waals surface area contributed by atoms with Crippen molar-refractivity contribution in [2.24, 2.45) is 5.92 Å². The Morgan fingerprint density at radius 1 is 1.03 bits per heavy atom. The molecule has 0 spiro atoms. The summed E-state index contributed by atoms with van der Waals surface area (Å²) in [6.45, 7) is 7.99. The Morgan fingerprint density at radius 3 is 2.37 bits per heavy atom. The molecule has 0 aliphatic rings. The molecule has 0 unspecified atom stereocenters. The predicted octanol–water partition coefficient (Wildman–Crippen LogP) is 6.32. The van der Waals surface area contributed by atoms with E-state index >= 15 is 0 Å². The second-order valence-electron chi connectivity index (χ2n) is 9.30. The molecule has 0 aliphatic carbocycles. The van der Waals surface area contributed by atoms with Gasteiger partial charge in [0.15, 0.2) is 13.6 Å². The van der Waals surface area contributed by atoms with Gasteiger partial charge in [-0.05, 0) is 38.3 Å². The van der Waals surface area contributed by atoms with E-state index in [-0.39, 0.29) is 41.7 Å². The van der Waals surface area contributed by atoms with Crippen LogP contribution in [0, 0.1) is 5.92 Å². The summed E-state index contributed by atoms with van der Waals surface area (Å²) in [5.41, 5.74) is 2.23.